The molecular formula is C16H25N3O. The molecule has 0 saturated carbocycles. The van der Waals surface area contributed by atoms with Gasteiger partial charge in [-0.3, -0.25) is 15.1 Å². The van der Waals surface area contributed by atoms with Gasteiger partial charge >= 0.3 is 0 Å². The van der Waals surface area contributed by atoms with Gasteiger partial charge in [0.25, 0.3) is 5.91 Å². The van der Waals surface area contributed by atoms with Gasteiger partial charge in [-0.15, -0.1) is 0 Å². The molecule has 20 heavy (non-hydrogen) atoms. The molecule has 1 aliphatic rings. The number of carbonyl (C=O) groups is 1. The summed E-state index contributed by atoms with van der Waals surface area (Å²) in [5.74, 6) is 5.04. The maximum absolute atomic E-state index is 11.8. The summed E-state index contributed by atoms with van der Waals surface area (Å²) in [6.07, 6.45) is 3.71. The number of hydrogen-bond donors (Lipinski definition) is 2. The second-order valence-electron chi connectivity index (χ2n) is 5.80. The standard InChI is InChI=1S/C16H25N3O/c1-3-16(4-2)9-10-19(12-16)11-13-7-5-6-8-14(13)15(20)18-17/h5-8H,3-4,9-12,17H2,1-2H3,(H,18,20). The zero-order valence-electron chi connectivity index (χ0n) is 12.5. The van der Waals surface area contributed by atoms with Gasteiger partial charge < -0.3 is 0 Å². The Hall–Kier alpha value is -1.39. The zero-order valence-corrected chi connectivity index (χ0v) is 12.5. The molecule has 1 aromatic rings. The average Bonchev–Trinajstić information content (AvgIpc) is 2.91. The minimum absolute atomic E-state index is 0.211. The third-order valence-corrected chi connectivity index (χ3v) is 4.80. The number of likely N-dealkylation sites (tertiary alicyclic amines) is 1. The first-order valence-corrected chi connectivity index (χ1v) is 7.45. The lowest BCUT2D eigenvalue weighted by molar-refractivity contribution is 0.0951. The topological polar surface area (TPSA) is 58.4 Å². The normalized spacial score (nSPS) is 18.1. The number of carbonyl (C=O) groups excluding carboxylic acids is 1. The van der Waals surface area contributed by atoms with Crippen LogP contribution in [0.2, 0.25) is 0 Å². The first-order valence-electron chi connectivity index (χ1n) is 7.45. The number of hydrogen-bond acceptors (Lipinski definition) is 3. The molecule has 1 aromatic carbocycles. The van der Waals surface area contributed by atoms with Crippen LogP contribution in [0.25, 0.3) is 0 Å². The first kappa shape index (κ1) is 15.0. The van der Waals surface area contributed by atoms with Crippen molar-refractivity contribution in [2.24, 2.45) is 11.3 Å². The van der Waals surface area contributed by atoms with Crippen LogP contribution >= 0.6 is 0 Å². The molecule has 3 N–H and O–H groups in total. The van der Waals surface area contributed by atoms with Gasteiger partial charge in [-0.25, -0.2) is 5.84 Å². The average molecular weight is 275 g/mol. The van der Waals surface area contributed by atoms with E-state index in [0.29, 0.717) is 11.0 Å². The molecule has 0 aromatic heterocycles. The van der Waals surface area contributed by atoms with Gasteiger partial charge in [-0.2, -0.15) is 0 Å². The highest BCUT2D eigenvalue weighted by Crippen LogP contribution is 2.37. The molecule has 0 aliphatic carbocycles. The number of nitrogen functional groups attached to an aromatic ring is 1. The molecule has 1 saturated heterocycles. The van der Waals surface area contributed by atoms with Crippen molar-refractivity contribution >= 4 is 5.91 Å². The van der Waals surface area contributed by atoms with Gasteiger partial charge in [-0.1, -0.05) is 32.0 Å². The van der Waals surface area contributed by atoms with Gasteiger partial charge in [0.15, 0.2) is 0 Å². The second-order valence-corrected chi connectivity index (χ2v) is 5.80. The predicted molar refractivity (Wildman–Crippen MR) is 81.0 cm³/mol. The van der Waals surface area contributed by atoms with Crippen molar-refractivity contribution in [3.8, 4) is 0 Å². The summed E-state index contributed by atoms with van der Waals surface area (Å²) < 4.78 is 0. The Morgan fingerprint density at radius 1 is 1.35 bits per heavy atom. The Morgan fingerprint density at radius 2 is 2.05 bits per heavy atom. The molecule has 1 amide bonds. The van der Waals surface area contributed by atoms with Crippen molar-refractivity contribution in [2.45, 2.75) is 39.7 Å². The number of nitrogens with one attached hydrogen (secondary N) is 1. The highest BCUT2D eigenvalue weighted by molar-refractivity contribution is 5.95. The van der Waals surface area contributed by atoms with Crippen molar-refractivity contribution < 1.29 is 4.79 Å². The predicted octanol–water partition coefficient (Wildman–Crippen LogP) is 2.30. The minimum Gasteiger partial charge on any atom is -0.298 e. The van der Waals surface area contributed by atoms with Crippen molar-refractivity contribution in [2.75, 3.05) is 13.1 Å². The summed E-state index contributed by atoms with van der Waals surface area (Å²) in [6, 6.07) is 7.70. The van der Waals surface area contributed by atoms with E-state index in [1.807, 2.05) is 24.3 Å². The number of amides is 1. The van der Waals surface area contributed by atoms with Crippen molar-refractivity contribution in [3.63, 3.8) is 0 Å². The fourth-order valence-corrected chi connectivity index (χ4v) is 3.19. The molecule has 0 atom stereocenters. The number of hydrazine groups is 1. The summed E-state index contributed by atoms with van der Waals surface area (Å²) in [5.41, 5.74) is 4.43. The summed E-state index contributed by atoms with van der Waals surface area (Å²) in [7, 11) is 0. The monoisotopic (exact) mass is 275 g/mol. The van der Waals surface area contributed by atoms with E-state index < -0.39 is 0 Å². The molecule has 2 rings (SSSR count). The van der Waals surface area contributed by atoms with Crippen LogP contribution in [-0.2, 0) is 6.54 Å². The van der Waals surface area contributed by atoms with Gasteiger partial charge in [-0.05, 0) is 42.9 Å². The summed E-state index contributed by atoms with van der Waals surface area (Å²) in [6.45, 7) is 7.62. The fourth-order valence-electron chi connectivity index (χ4n) is 3.19. The molecule has 4 nitrogen and oxygen atoms in total. The lowest BCUT2D eigenvalue weighted by Gasteiger charge is -2.26. The molecule has 0 bridgehead atoms. The van der Waals surface area contributed by atoms with Crippen LogP contribution in [0, 0.1) is 5.41 Å². The van der Waals surface area contributed by atoms with Crippen LogP contribution in [-0.4, -0.2) is 23.9 Å². The Kier molecular flexibility index (Phi) is 4.78. The fraction of sp³-hybridized carbons (Fsp3) is 0.562. The van der Waals surface area contributed by atoms with Gasteiger partial charge in [0, 0.05) is 18.7 Å². The molecule has 0 radical (unpaired) electrons. The molecule has 110 valence electrons. The van der Waals surface area contributed by atoms with Crippen LogP contribution in [0.4, 0.5) is 0 Å². The molecular weight excluding hydrogens is 250 g/mol. The number of benzene rings is 1. The van der Waals surface area contributed by atoms with E-state index in [1.165, 1.54) is 19.3 Å². The Morgan fingerprint density at radius 3 is 2.65 bits per heavy atom. The van der Waals surface area contributed by atoms with E-state index in [9.17, 15) is 4.79 Å². The number of rotatable bonds is 5. The Labute approximate surface area is 121 Å². The zero-order chi connectivity index (χ0) is 14.6. The number of nitrogens with two attached hydrogens (primary N) is 1. The molecule has 1 heterocycles. The van der Waals surface area contributed by atoms with Crippen LogP contribution in [0.3, 0.4) is 0 Å². The van der Waals surface area contributed by atoms with E-state index in [2.05, 4.69) is 24.2 Å². The summed E-state index contributed by atoms with van der Waals surface area (Å²) >= 11 is 0. The van der Waals surface area contributed by atoms with E-state index in [1.54, 1.807) is 0 Å². The quantitative estimate of drug-likeness (QED) is 0.492. The Balaban J connectivity index is 2.10. The van der Waals surface area contributed by atoms with E-state index >= 15 is 0 Å². The van der Waals surface area contributed by atoms with Gasteiger partial charge in [0.05, 0.1) is 0 Å². The molecule has 4 heteroatoms. The molecule has 0 unspecified atom stereocenters. The largest absolute Gasteiger partial charge is 0.298 e. The summed E-state index contributed by atoms with van der Waals surface area (Å²) in [5, 5.41) is 0. The number of nitrogens with zero attached hydrogens (tertiary/aromatic N) is 1. The smallest absolute Gasteiger partial charge is 0.265 e. The highest BCUT2D eigenvalue weighted by atomic mass is 16.2. The van der Waals surface area contributed by atoms with Crippen LogP contribution in [0.15, 0.2) is 24.3 Å². The summed E-state index contributed by atoms with van der Waals surface area (Å²) in [4.78, 5) is 14.2. The van der Waals surface area contributed by atoms with E-state index in [-0.39, 0.29) is 5.91 Å². The lowest BCUT2D eigenvalue weighted by atomic mass is 9.82. The maximum Gasteiger partial charge on any atom is 0.265 e. The first-order chi connectivity index (χ1) is 9.64. The molecule has 1 fully saturated rings. The van der Waals surface area contributed by atoms with Crippen LogP contribution in [0.5, 0.6) is 0 Å². The van der Waals surface area contributed by atoms with E-state index in [4.69, 9.17) is 5.84 Å². The van der Waals surface area contributed by atoms with Crippen molar-refractivity contribution in [1.82, 2.24) is 10.3 Å². The molecule has 1 aliphatic heterocycles. The third-order valence-electron chi connectivity index (χ3n) is 4.80. The third kappa shape index (κ3) is 3.02. The highest BCUT2D eigenvalue weighted by Gasteiger charge is 2.34. The Bertz CT molecular complexity index is 469. The minimum atomic E-state index is -0.211. The van der Waals surface area contributed by atoms with Crippen LogP contribution < -0.4 is 11.3 Å². The van der Waals surface area contributed by atoms with Gasteiger partial charge in [0.2, 0.25) is 0 Å². The SMILES string of the molecule is CCC1(CC)CCN(Cc2ccccc2C(=O)NN)C1. The van der Waals surface area contributed by atoms with E-state index in [0.717, 1.165) is 25.2 Å². The van der Waals surface area contributed by atoms with Crippen molar-refractivity contribution in [1.29, 1.82) is 0 Å². The lowest BCUT2D eigenvalue weighted by Crippen LogP contribution is -2.32. The van der Waals surface area contributed by atoms with Gasteiger partial charge in [0.1, 0.15) is 0 Å². The van der Waals surface area contributed by atoms with Crippen molar-refractivity contribution in [3.05, 3.63) is 35.4 Å². The van der Waals surface area contributed by atoms with Crippen LogP contribution in [0.1, 0.15) is 49.0 Å². The maximum atomic E-state index is 11.8. The molecule has 0 spiro atoms. The second kappa shape index (κ2) is 6.37.